The van der Waals surface area contributed by atoms with Crippen LogP contribution in [-0.2, 0) is 33.7 Å². The molecule has 1 aliphatic carbocycles. The number of esters is 1. The third-order valence-corrected chi connectivity index (χ3v) is 6.89. The molecule has 2 fully saturated rings. The van der Waals surface area contributed by atoms with Gasteiger partial charge in [-0.2, -0.15) is 5.10 Å². The van der Waals surface area contributed by atoms with Gasteiger partial charge in [0.2, 0.25) is 0 Å². The summed E-state index contributed by atoms with van der Waals surface area (Å²) < 4.78 is 12.9. The van der Waals surface area contributed by atoms with E-state index in [2.05, 4.69) is 12.2 Å². The van der Waals surface area contributed by atoms with Crippen molar-refractivity contribution in [2.75, 3.05) is 26.4 Å². The van der Waals surface area contributed by atoms with Crippen LogP contribution in [0.2, 0.25) is 0 Å². The molecule has 3 heterocycles. The van der Waals surface area contributed by atoms with E-state index in [4.69, 9.17) is 14.6 Å². The van der Waals surface area contributed by atoms with Gasteiger partial charge in [0.05, 0.1) is 18.2 Å². The smallest absolute Gasteiger partial charge is 0.308 e. The molecule has 1 spiro atoms. The molecule has 1 aromatic heterocycles. The zero-order valence-corrected chi connectivity index (χ0v) is 17.7. The molecule has 29 heavy (non-hydrogen) atoms. The highest BCUT2D eigenvalue weighted by atomic mass is 16.5. The Labute approximate surface area is 172 Å². The average Bonchev–Trinajstić information content (AvgIpc) is 2.97. The fourth-order valence-corrected chi connectivity index (χ4v) is 4.99. The van der Waals surface area contributed by atoms with Crippen molar-refractivity contribution >= 4 is 11.9 Å². The number of carbonyl (C=O) groups is 2. The van der Waals surface area contributed by atoms with Crippen LogP contribution >= 0.6 is 0 Å². The Morgan fingerprint density at radius 2 is 2.10 bits per heavy atom. The van der Waals surface area contributed by atoms with E-state index in [0.29, 0.717) is 31.3 Å². The maximum Gasteiger partial charge on any atom is 0.308 e. The topological polar surface area (TPSA) is 82.5 Å². The number of rotatable bonds is 6. The van der Waals surface area contributed by atoms with Gasteiger partial charge in [-0.1, -0.05) is 6.92 Å². The SMILES string of the molecule is CCn1nc(CCCOC(=O)C2CC(C)C2)c2c1C(=O)NCC1(CCOCC1)C2. The standard InChI is InChI=1S/C22H33N3O4/c1-3-25-19-17(13-22(14-23-20(19)26)6-9-28-10-7-22)18(24-25)5-4-8-29-21(27)16-11-15(2)12-16/h15-16H,3-14H2,1-2H3,(H,23,26). The first kappa shape index (κ1) is 20.4. The summed E-state index contributed by atoms with van der Waals surface area (Å²) in [6.45, 7) is 7.46. The fraction of sp³-hybridized carbons (Fsp3) is 0.773. The van der Waals surface area contributed by atoms with Gasteiger partial charge in [-0.3, -0.25) is 14.3 Å². The van der Waals surface area contributed by atoms with Crippen molar-refractivity contribution in [2.45, 2.75) is 65.3 Å². The first-order valence-electron chi connectivity index (χ1n) is 11.1. The Morgan fingerprint density at radius 1 is 1.34 bits per heavy atom. The number of aromatic nitrogens is 2. The van der Waals surface area contributed by atoms with Crippen LogP contribution < -0.4 is 5.32 Å². The first-order chi connectivity index (χ1) is 14.0. The third kappa shape index (κ3) is 4.20. The molecule has 1 aromatic rings. The van der Waals surface area contributed by atoms with Gasteiger partial charge in [-0.25, -0.2) is 0 Å². The highest BCUT2D eigenvalue weighted by Gasteiger charge is 2.39. The summed E-state index contributed by atoms with van der Waals surface area (Å²) in [6.07, 6.45) is 6.14. The van der Waals surface area contributed by atoms with Gasteiger partial charge in [0, 0.05) is 31.9 Å². The van der Waals surface area contributed by atoms with Crippen molar-refractivity contribution in [2.24, 2.45) is 17.3 Å². The van der Waals surface area contributed by atoms with Crippen molar-refractivity contribution in [3.8, 4) is 0 Å². The van der Waals surface area contributed by atoms with E-state index < -0.39 is 0 Å². The molecule has 2 aliphatic heterocycles. The second kappa shape index (κ2) is 8.46. The van der Waals surface area contributed by atoms with Gasteiger partial charge in [0.15, 0.2) is 0 Å². The molecule has 0 bridgehead atoms. The van der Waals surface area contributed by atoms with E-state index in [0.717, 1.165) is 69.4 Å². The Bertz CT molecular complexity index is 760. The monoisotopic (exact) mass is 403 g/mol. The van der Waals surface area contributed by atoms with E-state index in [9.17, 15) is 9.59 Å². The fourth-order valence-electron chi connectivity index (χ4n) is 4.99. The van der Waals surface area contributed by atoms with Crippen LogP contribution in [0.5, 0.6) is 0 Å². The summed E-state index contributed by atoms with van der Waals surface area (Å²) in [6, 6.07) is 0. The summed E-state index contributed by atoms with van der Waals surface area (Å²) >= 11 is 0. The summed E-state index contributed by atoms with van der Waals surface area (Å²) in [5.74, 6) is 0.665. The second-order valence-corrected chi connectivity index (χ2v) is 9.11. The Morgan fingerprint density at radius 3 is 2.79 bits per heavy atom. The zero-order valence-electron chi connectivity index (χ0n) is 17.7. The van der Waals surface area contributed by atoms with Crippen molar-refractivity contribution in [3.05, 3.63) is 17.0 Å². The number of aryl methyl sites for hydroxylation is 2. The number of nitrogens with one attached hydrogen (secondary N) is 1. The number of nitrogens with zero attached hydrogens (tertiary/aromatic N) is 2. The van der Waals surface area contributed by atoms with Gasteiger partial charge >= 0.3 is 5.97 Å². The predicted octanol–water partition coefficient (Wildman–Crippen LogP) is 2.51. The summed E-state index contributed by atoms with van der Waals surface area (Å²) in [5.41, 5.74) is 2.84. The van der Waals surface area contributed by atoms with Crippen molar-refractivity contribution in [1.29, 1.82) is 0 Å². The minimum absolute atomic E-state index is 0.0190. The average molecular weight is 404 g/mol. The highest BCUT2D eigenvalue weighted by Crippen LogP contribution is 2.38. The summed E-state index contributed by atoms with van der Waals surface area (Å²) in [7, 11) is 0. The molecular weight excluding hydrogens is 370 g/mol. The van der Waals surface area contributed by atoms with Gasteiger partial charge in [0.25, 0.3) is 5.91 Å². The van der Waals surface area contributed by atoms with Gasteiger partial charge in [0.1, 0.15) is 5.69 Å². The molecule has 0 radical (unpaired) electrons. The van der Waals surface area contributed by atoms with Crippen LogP contribution in [0, 0.1) is 17.3 Å². The second-order valence-electron chi connectivity index (χ2n) is 9.11. The molecular formula is C22H33N3O4. The van der Waals surface area contributed by atoms with Gasteiger partial charge in [-0.05, 0) is 63.2 Å². The lowest BCUT2D eigenvalue weighted by atomic mass is 9.75. The lowest BCUT2D eigenvalue weighted by molar-refractivity contribution is -0.153. The number of ether oxygens (including phenoxy) is 2. The Hall–Kier alpha value is -1.89. The minimum atomic E-state index is -0.0541. The van der Waals surface area contributed by atoms with E-state index in [1.54, 1.807) is 0 Å². The molecule has 1 saturated carbocycles. The number of carbonyl (C=O) groups excluding carboxylic acids is 2. The minimum Gasteiger partial charge on any atom is -0.465 e. The van der Waals surface area contributed by atoms with Crippen molar-refractivity contribution in [3.63, 3.8) is 0 Å². The Balaban J connectivity index is 1.43. The molecule has 0 unspecified atom stereocenters. The first-order valence-corrected chi connectivity index (χ1v) is 11.1. The van der Waals surface area contributed by atoms with E-state index >= 15 is 0 Å². The summed E-state index contributed by atoms with van der Waals surface area (Å²) in [5, 5.41) is 7.89. The van der Waals surface area contributed by atoms with Crippen molar-refractivity contribution in [1.82, 2.24) is 15.1 Å². The van der Waals surface area contributed by atoms with Crippen LogP contribution in [0.4, 0.5) is 0 Å². The molecule has 3 aliphatic rings. The molecule has 160 valence electrons. The van der Waals surface area contributed by atoms with Gasteiger partial charge in [-0.15, -0.1) is 0 Å². The molecule has 7 nitrogen and oxygen atoms in total. The molecule has 1 saturated heterocycles. The third-order valence-electron chi connectivity index (χ3n) is 6.89. The van der Waals surface area contributed by atoms with E-state index in [1.807, 2.05) is 11.6 Å². The maximum absolute atomic E-state index is 12.8. The normalized spacial score (nSPS) is 25.7. The van der Waals surface area contributed by atoms with Crippen LogP contribution in [0.25, 0.3) is 0 Å². The molecule has 7 heteroatoms. The predicted molar refractivity (Wildman–Crippen MR) is 108 cm³/mol. The van der Waals surface area contributed by atoms with Gasteiger partial charge < -0.3 is 14.8 Å². The maximum atomic E-state index is 12.8. The van der Waals surface area contributed by atoms with E-state index in [1.165, 1.54) is 0 Å². The number of hydrogen-bond donors (Lipinski definition) is 1. The molecule has 1 N–H and O–H groups in total. The number of amides is 1. The van der Waals surface area contributed by atoms with Crippen LogP contribution in [0.3, 0.4) is 0 Å². The quantitative estimate of drug-likeness (QED) is 0.583. The lowest BCUT2D eigenvalue weighted by Gasteiger charge is -2.36. The number of fused-ring (bicyclic) bond motifs is 1. The summed E-state index contributed by atoms with van der Waals surface area (Å²) in [4.78, 5) is 24.9. The molecule has 0 atom stereocenters. The van der Waals surface area contributed by atoms with Crippen LogP contribution in [-0.4, -0.2) is 48.0 Å². The van der Waals surface area contributed by atoms with Crippen molar-refractivity contribution < 1.29 is 19.1 Å². The number of hydrogen-bond acceptors (Lipinski definition) is 5. The zero-order chi connectivity index (χ0) is 20.4. The molecule has 4 rings (SSSR count). The highest BCUT2D eigenvalue weighted by molar-refractivity contribution is 5.94. The van der Waals surface area contributed by atoms with E-state index in [-0.39, 0.29) is 23.2 Å². The van der Waals surface area contributed by atoms with Crippen LogP contribution in [0.15, 0.2) is 0 Å². The van der Waals surface area contributed by atoms with Crippen LogP contribution in [0.1, 0.15) is 67.7 Å². The lowest BCUT2D eigenvalue weighted by Crippen LogP contribution is -2.40. The molecule has 0 aromatic carbocycles. The Kier molecular flexibility index (Phi) is 5.95. The largest absolute Gasteiger partial charge is 0.465 e. The molecule has 1 amide bonds.